The molecule has 11 heteroatoms. The molecule has 0 saturated carbocycles. The van der Waals surface area contributed by atoms with Gasteiger partial charge in [-0.2, -0.15) is 18.2 Å². The molecule has 0 bridgehead atoms. The summed E-state index contributed by atoms with van der Waals surface area (Å²) in [5.74, 6) is -1.68. The quantitative estimate of drug-likeness (QED) is 0.659. The third kappa shape index (κ3) is 3.44. The minimum Gasteiger partial charge on any atom is -0.329 e. The van der Waals surface area contributed by atoms with Gasteiger partial charge in [-0.05, 0) is 30.2 Å². The fourth-order valence-corrected chi connectivity index (χ4v) is 4.41. The van der Waals surface area contributed by atoms with E-state index in [-0.39, 0.29) is 23.7 Å². The monoisotopic (exact) mass is 410 g/mol. The fourth-order valence-electron chi connectivity index (χ4n) is 2.90. The lowest BCUT2D eigenvalue weighted by Crippen LogP contribution is -2.37. The molecular weight excluding hydrogens is 397 g/mol. The highest BCUT2D eigenvalue weighted by Gasteiger charge is 2.38. The van der Waals surface area contributed by atoms with Crippen molar-refractivity contribution in [3.05, 3.63) is 59.7 Å². The van der Waals surface area contributed by atoms with Gasteiger partial charge in [0, 0.05) is 11.8 Å². The van der Waals surface area contributed by atoms with Crippen LogP contribution in [0.3, 0.4) is 0 Å². The van der Waals surface area contributed by atoms with Gasteiger partial charge in [0.05, 0.1) is 23.7 Å². The predicted molar refractivity (Wildman–Crippen MR) is 92.6 cm³/mol. The van der Waals surface area contributed by atoms with Crippen molar-refractivity contribution in [2.45, 2.75) is 19.1 Å². The average Bonchev–Trinajstić information content (AvgIpc) is 3.15. The van der Waals surface area contributed by atoms with Crippen LogP contribution in [0.4, 0.5) is 18.9 Å². The minimum atomic E-state index is -4.73. The SMILES string of the molecule is O=S1(=O)CCc2ccccc2N1Cc1ccc(-c2noc(C(F)(F)F)n2)cn1. The van der Waals surface area contributed by atoms with Gasteiger partial charge in [0.15, 0.2) is 0 Å². The first kappa shape index (κ1) is 18.4. The van der Waals surface area contributed by atoms with Crippen molar-refractivity contribution in [1.29, 1.82) is 0 Å². The van der Waals surface area contributed by atoms with E-state index in [2.05, 4.69) is 19.6 Å². The zero-order valence-corrected chi connectivity index (χ0v) is 15.0. The van der Waals surface area contributed by atoms with Gasteiger partial charge < -0.3 is 4.52 Å². The molecule has 0 spiro atoms. The summed E-state index contributed by atoms with van der Waals surface area (Å²) in [5.41, 5.74) is 2.20. The van der Waals surface area contributed by atoms with Gasteiger partial charge >= 0.3 is 12.1 Å². The predicted octanol–water partition coefficient (Wildman–Crippen LogP) is 3.04. The number of hydrogen-bond acceptors (Lipinski definition) is 6. The van der Waals surface area contributed by atoms with E-state index in [0.717, 1.165) is 5.56 Å². The maximum absolute atomic E-state index is 12.6. The van der Waals surface area contributed by atoms with Crippen molar-refractivity contribution in [1.82, 2.24) is 15.1 Å². The zero-order valence-electron chi connectivity index (χ0n) is 14.2. The summed E-state index contributed by atoms with van der Waals surface area (Å²) in [4.78, 5) is 7.45. The Morgan fingerprint density at radius 2 is 1.93 bits per heavy atom. The van der Waals surface area contributed by atoms with Crippen molar-refractivity contribution >= 4 is 15.7 Å². The molecule has 0 unspecified atom stereocenters. The van der Waals surface area contributed by atoms with Crippen molar-refractivity contribution < 1.29 is 26.1 Å². The highest BCUT2D eigenvalue weighted by atomic mass is 32.2. The van der Waals surface area contributed by atoms with Crippen LogP contribution in [0.2, 0.25) is 0 Å². The average molecular weight is 410 g/mol. The molecule has 1 aliphatic rings. The van der Waals surface area contributed by atoms with Crippen LogP contribution in [0.5, 0.6) is 0 Å². The first-order chi connectivity index (χ1) is 13.2. The third-order valence-corrected chi connectivity index (χ3v) is 6.00. The molecule has 0 aliphatic carbocycles. The second-order valence-electron chi connectivity index (χ2n) is 6.16. The second-order valence-corrected chi connectivity index (χ2v) is 8.17. The van der Waals surface area contributed by atoms with E-state index >= 15 is 0 Å². The third-order valence-electron chi connectivity index (χ3n) is 4.28. The Morgan fingerprint density at radius 1 is 1.14 bits per heavy atom. The standard InChI is InChI=1S/C17H13F3N4O3S/c18-17(19,20)16-22-15(23-27-16)12-5-6-13(21-9-12)10-24-14-4-2-1-3-11(14)7-8-28(24,25)26/h1-6,9H,7-8,10H2. The Labute approximate surface area is 157 Å². The molecule has 28 heavy (non-hydrogen) atoms. The number of nitrogens with zero attached hydrogens (tertiary/aromatic N) is 4. The van der Waals surface area contributed by atoms with E-state index in [1.54, 1.807) is 12.1 Å². The molecule has 0 amide bonds. The Hall–Kier alpha value is -2.95. The van der Waals surface area contributed by atoms with Crippen LogP contribution in [0.1, 0.15) is 17.1 Å². The fraction of sp³-hybridized carbons (Fsp3) is 0.235. The van der Waals surface area contributed by atoms with Crippen LogP contribution in [-0.4, -0.2) is 29.3 Å². The Kier molecular flexibility index (Phi) is 4.33. The van der Waals surface area contributed by atoms with Gasteiger partial charge in [-0.3, -0.25) is 9.29 Å². The number of fused-ring (bicyclic) bond motifs is 1. The van der Waals surface area contributed by atoms with Crippen molar-refractivity contribution in [2.75, 3.05) is 10.1 Å². The van der Waals surface area contributed by atoms with Crippen LogP contribution >= 0.6 is 0 Å². The highest BCUT2D eigenvalue weighted by Crippen LogP contribution is 2.31. The molecule has 3 aromatic rings. The van der Waals surface area contributed by atoms with Crippen molar-refractivity contribution in [2.24, 2.45) is 0 Å². The number of hydrogen-bond donors (Lipinski definition) is 0. The minimum absolute atomic E-state index is 0.00513. The van der Waals surface area contributed by atoms with Gasteiger partial charge in [-0.15, -0.1) is 0 Å². The van der Waals surface area contributed by atoms with E-state index in [0.29, 0.717) is 17.8 Å². The van der Waals surface area contributed by atoms with Crippen molar-refractivity contribution in [3.8, 4) is 11.4 Å². The molecule has 0 fully saturated rings. The lowest BCUT2D eigenvalue weighted by atomic mass is 10.1. The molecule has 7 nitrogen and oxygen atoms in total. The molecule has 3 heterocycles. The number of benzene rings is 1. The first-order valence-electron chi connectivity index (χ1n) is 8.18. The first-order valence-corrected chi connectivity index (χ1v) is 9.79. The van der Waals surface area contributed by atoms with Crippen LogP contribution in [0.15, 0.2) is 47.1 Å². The molecule has 4 rings (SSSR count). The van der Waals surface area contributed by atoms with E-state index in [4.69, 9.17) is 0 Å². The van der Waals surface area contributed by atoms with Gasteiger partial charge in [0.1, 0.15) is 0 Å². The van der Waals surface area contributed by atoms with E-state index in [9.17, 15) is 21.6 Å². The molecule has 1 aromatic carbocycles. The second kappa shape index (κ2) is 6.59. The summed E-state index contributed by atoms with van der Waals surface area (Å²) in [6.07, 6.45) is -3.00. The Bertz CT molecular complexity index is 1110. The summed E-state index contributed by atoms with van der Waals surface area (Å²) in [7, 11) is -3.48. The highest BCUT2D eigenvalue weighted by molar-refractivity contribution is 7.92. The van der Waals surface area contributed by atoms with Crippen LogP contribution in [0.25, 0.3) is 11.4 Å². The van der Waals surface area contributed by atoms with Gasteiger partial charge in [0.2, 0.25) is 15.8 Å². The number of alkyl halides is 3. The molecule has 146 valence electrons. The summed E-state index contributed by atoms with van der Waals surface area (Å²) in [6, 6.07) is 10.2. The number of pyridine rings is 1. The van der Waals surface area contributed by atoms with Crippen LogP contribution < -0.4 is 4.31 Å². The van der Waals surface area contributed by atoms with Gasteiger partial charge in [-0.25, -0.2) is 8.42 Å². The summed E-state index contributed by atoms with van der Waals surface area (Å²) >= 11 is 0. The summed E-state index contributed by atoms with van der Waals surface area (Å²) in [5, 5.41) is 3.30. The van der Waals surface area contributed by atoms with E-state index in [1.165, 1.54) is 22.6 Å². The van der Waals surface area contributed by atoms with Gasteiger partial charge in [-0.1, -0.05) is 23.4 Å². The topological polar surface area (TPSA) is 89.2 Å². The number of sulfonamides is 1. The Morgan fingerprint density at radius 3 is 2.61 bits per heavy atom. The molecule has 0 radical (unpaired) electrons. The van der Waals surface area contributed by atoms with Crippen LogP contribution in [0, 0.1) is 0 Å². The molecule has 2 aromatic heterocycles. The van der Waals surface area contributed by atoms with E-state index < -0.39 is 22.1 Å². The number of aryl methyl sites for hydroxylation is 1. The normalized spacial score (nSPS) is 16.0. The Balaban J connectivity index is 1.59. The molecular formula is C17H13F3N4O3S. The lowest BCUT2D eigenvalue weighted by molar-refractivity contribution is -0.159. The van der Waals surface area contributed by atoms with Crippen LogP contribution in [-0.2, 0) is 29.2 Å². The largest absolute Gasteiger partial charge is 0.471 e. The number of halogens is 3. The molecule has 1 aliphatic heterocycles. The van der Waals surface area contributed by atoms with Gasteiger partial charge in [0.25, 0.3) is 0 Å². The molecule has 0 atom stereocenters. The van der Waals surface area contributed by atoms with E-state index in [1.807, 2.05) is 12.1 Å². The van der Waals surface area contributed by atoms with Crippen molar-refractivity contribution in [3.63, 3.8) is 0 Å². The number of para-hydroxylation sites is 1. The number of anilines is 1. The maximum atomic E-state index is 12.6. The molecule has 0 N–H and O–H groups in total. The lowest BCUT2D eigenvalue weighted by Gasteiger charge is -2.30. The summed E-state index contributed by atoms with van der Waals surface area (Å²) in [6.45, 7) is 0.0136. The number of aromatic nitrogens is 3. The zero-order chi connectivity index (χ0) is 19.9. The maximum Gasteiger partial charge on any atom is 0.471 e. The number of rotatable bonds is 3. The summed E-state index contributed by atoms with van der Waals surface area (Å²) < 4.78 is 68.2. The smallest absolute Gasteiger partial charge is 0.329 e. The molecule has 0 saturated heterocycles.